The van der Waals surface area contributed by atoms with Crippen LogP contribution in [0.4, 0.5) is 13.6 Å². The molecule has 0 spiro atoms. The predicted octanol–water partition coefficient (Wildman–Crippen LogP) is 1.79. The van der Waals surface area contributed by atoms with Gasteiger partial charge in [0.2, 0.25) is 0 Å². The molecule has 112 valence electrons. The van der Waals surface area contributed by atoms with Crippen molar-refractivity contribution in [2.75, 3.05) is 0 Å². The van der Waals surface area contributed by atoms with Crippen molar-refractivity contribution in [1.29, 1.82) is 0 Å². The molecule has 1 aliphatic rings. The number of hydrogen-bond acceptors (Lipinski definition) is 2. The van der Waals surface area contributed by atoms with Gasteiger partial charge in [0.25, 0.3) is 0 Å². The first-order valence-electron chi connectivity index (χ1n) is 6.35. The number of benzene rings is 1. The monoisotopic (exact) mass is 296 g/mol. The maximum atomic E-state index is 13.4. The number of hydrogen-bond donors (Lipinski definition) is 3. The highest BCUT2D eigenvalue weighted by molar-refractivity contribution is 5.76. The number of carbonyl (C=O) groups is 2. The van der Waals surface area contributed by atoms with E-state index < -0.39 is 29.6 Å². The largest absolute Gasteiger partial charge is 0.481 e. The number of carboxylic acids is 1. The average molecular weight is 296 g/mol. The van der Waals surface area contributed by atoms with Crippen LogP contribution < -0.4 is 10.6 Å². The van der Waals surface area contributed by atoms with E-state index in [9.17, 15) is 18.4 Å². The Hall–Kier alpha value is -2.44. The van der Waals surface area contributed by atoms with Crippen LogP contribution in [0.1, 0.15) is 12.0 Å². The zero-order valence-electron chi connectivity index (χ0n) is 11.0. The third-order valence-electron chi connectivity index (χ3n) is 3.16. The highest BCUT2D eigenvalue weighted by Gasteiger charge is 2.25. The van der Waals surface area contributed by atoms with Gasteiger partial charge in [-0.15, -0.1) is 0 Å². The van der Waals surface area contributed by atoms with E-state index in [2.05, 4.69) is 10.6 Å². The zero-order chi connectivity index (χ0) is 15.4. The lowest BCUT2D eigenvalue weighted by Gasteiger charge is -2.13. The van der Waals surface area contributed by atoms with Crippen molar-refractivity contribution in [2.45, 2.75) is 19.0 Å². The molecule has 0 aromatic heterocycles. The molecular formula is C14H14F2N2O3. The standard InChI is InChI=1S/C14H14F2N2O3/c15-10-2-4-12(16)9(5-10)7-17-14(21)18-11-3-1-8(6-11)13(19)20/h1-5,8,11H,6-7H2,(H,19,20)(H2,17,18,21). The van der Waals surface area contributed by atoms with Crippen molar-refractivity contribution in [2.24, 2.45) is 5.92 Å². The molecule has 21 heavy (non-hydrogen) atoms. The molecule has 7 heteroatoms. The summed E-state index contributed by atoms with van der Waals surface area (Å²) >= 11 is 0. The lowest BCUT2D eigenvalue weighted by molar-refractivity contribution is -0.140. The van der Waals surface area contributed by atoms with Crippen molar-refractivity contribution in [3.8, 4) is 0 Å². The van der Waals surface area contributed by atoms with Crippen LogP contribution in [0.2, 0.25) is 0 Å². The van der Waals surface area contributed by atoms with Crippen molar-refractivity contribution < 1.29 is 23.5 Å². The van der Waals surface area contributed by atoms with Crippen LogP contribution in [0.15, 0.2) is 30.4 Å². The number of halogens is 2. The lowest BCUT2D eigenvalue weighted by Crippen LogP contribution is -2.40. The Morgan fingerprint density at radius 3 is 2.71 bits per heavy atom. The van der Waals surface area contributed by atoms with E-state index in [1.54, 1.807) is 6.08 Å². The molecule has 0 aliphatic heterocycles. The molecule has 2 rings (SSSR count). The van der Waals surface area contributed by atoms with Crippen molar-refractivity contribution in [1.82, 2.24) is 10.6 Å². The van der Waals surface area contributed by atoms with Gasteiger partial charge in [0.1, 0.15) is 11.6 Å². The van der Waals surface area contributed by atoms with Crippen LogP contribution in [0.25, 0.3) is 0 Å². The molecule has 0 fully saturated rings. The normalized spacial score (nSPS) is 20.3. The maximum Gasteiger partial charge on any atom is 0.315 e. The Morgan fingerprint density at radius 1 is 1.29 bits per heavy atom. The van der Waals surface area contributed by atoms with Gasteiger partial charge in [-0.25, -0.2) is 13.6 Å². The second-order valence-electron chi connectivity index (χ2n) is 4.73. The maximum absolute atomic E-state index is 13.4. The smallest absolute Gasteiger partial charge is 0.315 e. The van der Waals surface area contributed by atoms with Gasteiger partial charge in [0.05, 0.1) is 12.0 Å². The number of urea groups is 1. The average Bonchev–Trinajstić information content (AvgIpc) is 2.88. The number of carboxylic acid groups (broad SMARTS) is 1. The highest BCUT2D eigenvalue weighted by Crippen LogP contribution is 2.17. The molecule has 2 unspecified atom stereocenters. The summed E-state index contributed by atoms with van der Waals surface area (Å²) in [4.78, 5) is 22.4. The van der Waals surface area contributed by atoms with E-state index >= 15 is 0 Å². The van der Waals surface area contributed by atoms with E-state index in [-0.39, 0.29) is 24.6 Å². The van der Waals surface area contributed by atoms with Gasteiger partial charge in [0.15, 0.2) is 0 Å². The first-order valence-corrected chi connectivity index (χ1v) is 6.35. The molecule has 1 aromatic carbocycles. The summed E-state index contributed by atoms with van der Waals surface area (Å²) in [6.07, 6.45) is 3.39. The zero-order valence-corrected chi connectivity index (χ0v) is 11.0. The minimum atomic E-state index is -0.946. The summed E-state index contributed by atoms with van der Waals surface area (Å²) < 4.78 is 26.3. The molecule has 2 amide bonds. The number of rotatable bonds is 4. The summed E-state index contributed by atoms with van der Waals surface area (Å²) in [5.74, 6) is -2.76. The van der Waals surface area contributed by atoms with Gasteiger partial charge >= 0.3 is 12.0 Å². The third kappa shape index (κ3) is 4.01. The molecule has 0 heterocycles. The van der Waals surface area contributed by atoms with Crippen molar-refractivity contribution in [3.63, 3.8) is 0 Å². The first kappa shape index (κ1) is 15.0. The minimum Gasteiger partial charge on any atom is -0.481 e. The summed E-state index contributed by atoms with van der Waals surface area (Å²) in [6, 6.07) is 2.03. The van der Waals surface area contributed by atoms with Crippen molar-refractivity contribution >= 4 is 12.0 Å². The molecule has 1 aliphatic carbocycles. The van der Waals surface area contributed by atoms with Gasteiger partial charge in [0, 0.05) is 12.1 Å². The van der Waals surface area contributed by atoms with Crippen molar-refractivity contribution in [3.05, 3.63) is 47.5 Å². The quantitative estimate of drug-likeness (QED) is 0.741. The molecule has 0 saturated heterocycles. The SMILES string of the molecule is O=C(NCc1cc(F)ccc1F)NC1C=CC(C(=O)O)C1. The van der Waals surface area contributed by atoms with Crippen LogP contribution in [-0.2, 0) is 11.3 Å². The first-order chi connectivity index (χ1) is 9.95. The molecule has 0 bridgehead atoms. The highest BCUT2D eigenvalue weighted by atomic mass is 19.1. The summed E-state index contributed by atoms with van der Waals surface area (Å²) in [6.45, 7) is -0.159. The van der Waals surface area contributed by atoms with E-state index in [0.29, 0.717) is 0 Å². The van der Waals surface area contributed by atoms with E-state index in [4.69, 9.17) is 5.11 Å². The molecule has 0 saturated carbocycles. The third-order valence-corrected chi connectivity index (χ3v) is 3.16. The van der Waals surface area contributed by atoms with Crippen LogP contribution in [-0.4, -0.2) is 23.1 Å². The molecular weight excluding hydrogens is 282 g/mol. The Bertz CT molecular complexity index is 590. The van der Waals surface area contributed by atoms with Gasteiger partial charge in [-0.3, -0.25) is 4.79 Å². The summed E-state index contributed by atoms with van der Waals surface area (Å²) in [7, 11) is 0. The summed E-state index contributed by atoms with van der Waals surface area (Å²) in [5, 5.41) is 13.8. The lowest BCUT2D eigenvalue weighted by atomic mass is 10.1. The fraction of sp³-hybridized carbons (Fsp3) is 0.286. The van der Waals surface area contributed by atoms with Crippen LogP contribution >= 0.6 is 0 Å². The van der Waals surface area contributed by atoms with Gasteiger partial charge in [-0.2, -0.15) is 0 Å². The number of amides is 2. The topological polar surface area (TPSA) is 78.4 Å². The van der Waals surface area contributed by atoms with Gasteiger partial charge in [-0.05, 0) is 24.6 Å². The Labute approximate surface area is 119 Å². The Kier molecular flexibility index (Phi) is 4.52. The molecule has 3 N–H and O–H groups in total. The Balaban J connectivity index is 1.82. The van der Waals surface area contributed by atoms with Crippen LogP contribution in [0.5, 0.6) is 0 Å². The molecule has 2 atom stereocenters. The van der Waals surface area contributed by atoms with E-state index in [0.717, 1.165) is 18.2 Å². The Morgan fingerprint density at radius 2 is 2.05 bits per heavy atom. The van der Waals surface area contributed by atoms with Gasteiger partial charge < -0.3 is 15.7 Å². The van der Waals surface area contributed by atoms with Crippen LogP contribution in [0, 0.1) is 17.6 Å². The predicted molar refractivity (Wildman–Crippen MR) is 70.4 cm³/mol. The van der Waals surface area contributed by atoms with Crippen LogP contribution in [0.3, 0.4) is 0 Å². The second-order valence-corrected chi connectivity index (χ2v) is 4.73. The van der Waals surface area contributed by atoms with E-state index in [1.165, 1.54) is 6.08 Å². The molecule has 1 aromatic rings. The minimum absolute atomic E-state index is 0.0375. The fourth-order valence-electron chi connectivity index (χ4n) is 2.06. The molecule has 5 nitrogen and oxygen atoms in total. The number of carbonyl (C=O) groups excluding carboxylic acids is 1. The number of aliphatic carboxylic acids is 1. The molecule has 0 radical (unpaired) electrons. The van der Waals surface area contributed by atoms with Gasteiger partial charge in [-0.1, -0.05) is 12.2 Å². The summed E-state index contributed by atoms with van der Waals surface area (Å²) in [5.41, 5.74) is 0.0375. The van der Waals surface area contributed by atoms with E-state index in [1.807, 2.05) is 0 Å². The number of nitrogens with one attached hydrogen (secondary N) is 2. The second kappa shape index (κ2) is 6.34. The fourth-order valence-corrected chi connectivity index (χ4v) is 2.06.